The third-order valence-corrected chi connectivity index (χ3v) is 2.41. The lowest BCUT2D eigenvalue weighted by Crippen LogP contribution is -2.30. The third-order valence-electron chi connectivity index (χ3n) is 2.41. The van der Waals surface area contributed by atoms with Crippen molar-refractivity contribution in [3.8, 4) is 0 Å². The number of aromatic carboxylic acids is 1. The SMILES string of the molecule is CCC(C)(C)Nc1cnccc1C(=O)O. The van der Waals surface area contributed by atoms with E-state index in [9.17, 15) is 4.79 Å². The Bertz CT molecular complexity index is 361. The van der Waals surface area contributed by atoms with E-state index in [1.807, 2.05) is 20.8 Å². The molecule has 0 radical (unpaired) electrons. The number of hydrogen-bond acceptors (Lipinski definition) is 3. The number of anilines is 1. The van der Waals surface area contributed by atoms with Crippen LogP contribution in [0, 0.1) is 0 Å². The fourth-order valence-electron chi connectivity index (χ4n) is 1.13. The number of carbonyl (C=O) groups is 1. The van der Waals surface area contributed by atoms with Gasteiger partial charge in [-0.1, -0.05) is 6.92 Å². The van der Waals surface area contributed by atoms with Crippen molar-refractivity contribution in [3.63, 3.8) is 0 Å². The van der Waals surface area contributed by atoms with E-state index in [1.165, 1.54) is 12.3 Å². The molecule has 0 aliphatic rings. The summed E-state index contributed by atoms with van der Waals surface area (Å²) in [6, 6.07) is 1.50. The minimum Gasteiger partial charge on any atom is -0.478 e. The van der Waals surface area contributed by atoms with Gasteiger partial charge in [-0.2, -0.15) is 0 Å². The molecule has 0 bridgehead atoms. The Kier molecular flexibility index (Phi) is 3.29. The maximum Gasteiger partial charge on any atom is 0.337 e. The van der Waals surface area contributed by atoms with Crippen LogP contribution in [0.15, 0.2) is 18.5 Å². The Hall–Kier alpha value is -1.58. The van der Waals surface area contributed by atoms with Crippen LogP contribution in [-0.2, 0) is 0 Å². The molecule has 0 amide bonds. The van der Waals surface area contributed by atoms with E-state index < -0.39 is 5.97 Å². The van der Waals surface area contributed by atoms with E-state index in [0.29, 0.717) is 5.69 Å². The molecule has 4 heteroatoms. The molecule has 1 rings (SSSR count). The molecule has 0 aliphatic carbocycles. The summed E-state index contributed by atoms with van der Waals surface area (Å²) >= 11 is 0. The standard InChI is InChI=1S/C11H16N2O2/c1-4-11(2,3)13-9-7-12-6-5-8(9)10(14)15/h5-7,13H,4H2,1-3H3,(H,14,15). The largest absolute Gasteiger partial charge is 0.478 e. The molecule has 0 aliphatic heterocycles. The van der Waals surface area contributed by atoms with Gasteiger partial charge in [-0.3, -0.25) is 4.98 Å². The highest BCUT2D eigenvalue weighted by molar-refractivity contribution is 5.93. The average molecular weight is 208 g/mol. The number of nitrogens with one attached hydrogen (secondary N) is 1. The van der Waals surface area contributed by atoms with Crippen LogP contribution in [0.5, 0.6) is 0 Å². The Morgan fingerprint density at radius 3 is 2.80 bits per heavy atom. The first kappa shape index (κ1) is 11.5. The van der Waals surface area contributed by atoms with E-state index in [1.54, 1.807) is 6.20 Å². The first-order valence-corrected chi connectivity index (χ1v) is 4.92. The zero-order valence-corrected chi connectivity index (χ0v) is 9.24. The zero-order chi connectivity index (χ0) is 11.5. The smallest absolute Gasteiger partial charge is 0.337 e. The van der Waals surface area contributed by atoms with Gasteiger partial charge < -0.3 is 10.4 Å². The fourth-order valence-corrected chi connectivity index (χ4v) is 1.13. The highest BCUT2D eigenvalue weighted by Crippen LogP contribution is 2.20. The summed E-state index contributed by atoms with van der Waals surface area (Å²) in [5, 5.41) is 12.1. The van der Waals surface area contributed by atoms with Crippen LogP contribution in [0.2, 0.25) is 0 Å². The minimum absolute atomic E-state index is 0.132. The van der Waals surface area contributed by atoms with Crippen LogP contribution in [0.3, 0.4) is 0 Å². The van der Waals surface area contributed by atoms with Crippen molar-refractivity contribution in [2.24, 2.45) is 0 Å². The molecule has 0 unspecified atom stereocenters. The molecule has 2 N–H and O–H groups in total. The number of pyridine rings is 1. The Balaban J connectivity index is 2.99. The second-order valence-electron chi connectivity index (χ2n) is 4.09. The third kappa shape index (κ3) is 2.94. The first-order valence-electron chi connectivity index (χ1n) is 4.92. The van der Waals surface area contributed by atoms with Gasteiger partial charge in [0.25, 0.3) is 0 Å². The summed E-state index contributed by atoms with van der Waals surface area (Å²) in [6.07, 6.45) is 3.93. The molecule has 0 spiro atoms. The Morgan fingerprint density at radius 1 is 1.60 bits per heavy atom. The van der Waals surface area contributed by atoms with Gasteiger partial charge in [-0.25, -0.2) is 4.79 Å². The minimum atomic E-state index is -0.938. The van der Waals surface area contributed by atoms with Crippen molar-refractivity contribution < 1.29 is 9.90 Å². The number of carboxylic acids is 1. The van der Waals surface area contributed by atoms with Gasteiger partial charge in [-0.15, -0.1) is 0 Å². The van der Waals surface area contributed by atoms with Crippen molar-refractivity contribution >= 4 is 11.7 Å². The molecule has 1 aromatic rings. The van der Waals surface area contributed by atoms with Gasteiger partial charge >= 0.3 is 5.97 Å². The van der Waals surface area contributed by atoms with Crippen molar-refractivity contribution in [2.45, 2.75) is 32.7 Å². The number of carboxylic acid groups (broad SMARTS) is 1. The number of rotatable bonds is 4. The summed E-state index contributed by atoms with van der Waals surface area (Å²) in [7, 11) is 0. The predicted molar refractivity (Wildman–Crippen MR) is 59.2 cm³/mol. The van der Waals surface area contributed by atoms with E-state index in [-0.39, 0.29) is 11.1 Å². The van der Waals surface area contributed by atoms with Crippen molar-refractivity contribution in [1.82, 2.24) is 4.98 Å². The molecule has 0 atom stereocenters. The lowest BCUT2D eigenvalue weighted by molar-refractivity contribution is 0.0697. The van der Waals surface area contributed by atoms with E-state index >= 15 is 0 Å². The summed E-state index contributed by atoms with van der Waals surface area (Å²) in [6.45, 7) is 6.08. The molecule has 0 aromatic carbocycles. The highest BCUT2D eigenvalue weighted by Gasteiger charge is 2.18. The van der Waals surface area contributed by atoms with Gasteiger partial charge in [0, 0.05) is 11.7 Å². The van der Waals surface area contributed by atoms with Crippen LogP contribution >= 0.6 is 0 Å². The topological polar surface area (TPSA) is 62.2 Å². The fraction of sp³-hybridized carbons (Fsp3) is 0.455. The molecule has 0 fully saturated rings. The molecule has 4 nitrogen and oxygen atoms in total. The van der Waals surface area contributed by atoms with Crippen molar-refractivity contribution in [1.29, 1.82) is 0 Å². The van der Waals surface area contributed by atoms with Crippen LogP contribution in [0.4, 0.5) is 5.69 Å². The van der Waals surface area contributed by atoms with Crippen LogP contribution in [-0.4, -0.2) is 21.6 Å². The van der Waals surface area contributed by atoms with Crippen molar-refractivity contribution in [2.75, 3.05) is 5.32 Å². The first-order chi connectivity index (χ1) is 6.96. The molecule has 1 heterocycles. The van der Waals surface area contributed by atoms with Gasteiger partial charge in [-0.05, 0) is 26.3 Å². The van der Waals surface area contributed by atoms with Crippen LogP contribution < -0.4 is 5.32 Å². The molecule has 0 saturated carbocycles. The number of nitrogens with zero attached hydrogens (tertiary/aromatic N) is 1. The Labute approximate surface area is 89.3 Å². The molecule has 15 heavy (non-hydrogen) atoms. The van der Waals surface area contributed by atoms with Crippen molar-refractivity contribution in [3.05, 3.63) is 24.0 Å². The molecule has 1 aromatic heterocycles. The second-order valence-corrected chi connectivity index (χ2v) is 4.09. The number of hydrogen-bond donors (Lipinski definition) is 2. The molecule has 0 saturated heterocycles. The number of aromatic nitrogens is 1. The van der Waals surface area contributed by atoms with Gasteiger partial charge in [0.1, 0.15) is 0 Å². The Morgan fingerprint density at radius 2 is 2.27 bits per heavy atom. The highest BCUT2D eigenvalue weighted by atomic mass is 16.4. The normalized spacial score (nSPS) is 11.1. The summed E-state index contributed by atoms with van der Waals surface area (Å²) < 4.78 is 0. The van der Waals surface area contributed by atoms with Crippen LogP contribution in [0.1, 0.15) is 37.6 Å². The molecular formula is C11H16N2O2. The maximum absolute atomic E-state index is 10.9. The van der Waals surface area contributed by atoms with E-state index in [4.69, 9.17) is 5.11 Å². The summed E-state index contributed by atoms with van der Waals surface area (Å²) in [4.78, 5) is 14.8. The lowest BCUT2D eigenvalue weighted by Gasteiger charge is -2.26. The summed E-state index contributed by atoms with van der Waals surface area (Å²) in [5.74, 6) is -0.938. The van der Waals surface area contributed by atoms with Gasteiger partial charge in [0.2, 0.25) is 0 Å². The van der Waals surface area contributed by atoms with E-state index in [0.717, 1.165) is 6.42 Å². The average Bonchev–Trinajstić information content (AvgIpc) is 2.18. The monoisotopic (exact) mass is 208 g/mol. The van der Waals surface area contributed by atoms with E-state index in [2.05, 4.69) is 10.3 Å². The lowest BCUT2D eigenvalue weighted by atomic mass is 10.0. The maximum atomic E-state index is 10.9. The molecular weight excluding hydrogens is 192 g/mol. The zero-order valence-electron chi connectivity index (χ0n) is 9.24. The summed E-state index contributed by atoms with van der Waals surface area (Å²) in [5.41, 5.74) is 0.691. The predicted octanol–water partition coefficient (Wildman–Crippen LogP) is 2.38. The molecule has 82 valence electrons. The second kappa shape index (κ2) is 4.29. The van der Waals surface area contributed by atoms with Gasteiger partial charge in [0.05, 0.1) is 17.4 Å². The quantitative estimate of drug-likeness (QED) is 0.797. The van der Waals surface area contributed by atoms with Crippen LogP contribution in [0.25, 0.3) is 0 Å². The van der Waals surface area contributed by atoms with Gasteiger partial charge in [0.15, 0.2) is 0 Å².